The lowest BCUT2D eigenvalue weighted by Crippen LogP contribution is -2.04. The van der Waals surface area contributed by atoms with Crippen LogP contribution in [0.25, 0.3) is 21.6 Å². The maximum Gasteiger partial charge on any atom is 0.173 e. The third kappa shape index (κ3) is 2.99. The number of hydrogen-bond donors (Lipinski definition) is 1. The van der Waals surface area contributed by atoms with Crippen LogP contribution < -0.4 is 5.32 Å². The maximum atomic E-state index is 6.09. The molecule has 1 aromatic carbocycles. The van der Waals surface area contributed by atoms with Crippen molar-refractivity contribution < 1.29 is 0 Å². The van der Waals surface area contributed by atoms with E-state index < -0.39 is 0 Å². The lowest BCUT2D eigenvalue weighted by molar-refractivity contribution is 0.970. The fourth-order valence-electron chi connectivity index (χ4n) is 2.05. The summed E-state index contributed by atoms with van der Waals surface area (Å²) < 4.78 is 0. The second kappa shape index (κ2) is 5.95. The summed E-state index contributed by atoms with van der Waals surface area (Å²) in [4.78, 5) is 14.5. The van der Waals surface area contributed by atoms with E-state index in [1.54, 1.807) is 11.3 Å². The molecule has 0 unspecified atom stereocenters. The molecule has 21 heavy (non-hydrogen) atoms. The van der Waals surface area contributed by atoms with E-state index in [4.69, 9.17) is 11.6 Å². The largest absolute Gasteiger partial charge is 0.369 e. The summed E-state index contributed by atoms with van der Waals surface area (Å²) in [5.41, 5.74) is 0.883. The number of nitrogens with zero attached hydrogens (tertiary/aromatic N) is 3. The molecule has 1 N–H and O–H groups in total. The fraction of sp³-hybridized carbons (Fsp3) is 0.267. The normalized spacial score (nSPS) is 11.0. The summed E-state index contributed by atoms with van der Waals surface area (Å²) in [6.07, 6.45) is 2.85. The molecular weight excluding hydrogens is 304 g/mol. The molecule has 0 radical (unpaired) electrons. The van der Waals surface area contributed by atoms with E-state index in [1.165, 1.54) is 0 Å². The zero-order valence-electron chi connectivity index (χ0n) is 11.9. The first-order chi connectivity index (χ1) is 10.2. The summed E-state index contributed by atoms with van der Waals surface area (Å²) in [5.74, 6) is 1.53. The highest BCUT2D eigenvalue weighted by Gasteiger charge is 2.11. The quantitative estimate of drug-likeness (QED) is 0.767. The highest BCUT2D eigenvalue weighted by atomic mass is 35.5. The minimum Gasteiger partial charge on any atom is -0.369 e. The average Bonchev–Trinajstić information content (AvgIpc) is 2.91. The molecular formula is C15H15ClN4S. The van der Waals surface area contributed by atoms with Crippen molar-refractivity contribution in [2.24, 2.45) is 0 Å². The Morgan fingerprint density at radius 1 is 1.29 bits per heavy atom. The molecule has 2 aromatic heterocycles. The molecule has 3 aromatic rings. The second-order valence-electron chi connectivity index (χ2n) is 4.73. The zero-order chi connectivity index (χ0) is 14.8. The summed E-state index contributed by atoms with van der Waals surface area (Å²) in [7, 11) is 0. The van der Waals surface area contributed by atoms with Crippen LogP contribution in [0.5, 0.6) is 0 Å². The van der Waals surface area contributed by atoms with Gasteiger partial charge in [-0.1, -0.05) is 18.5 Å². The molecule has 0 fully saturated rings. The third-order valence-corrected chi connectivity index (χ3v) is 4.19. The number of anilines is 1. The predicted octanol–water partition coefficient (Wildman–Crippen LogP) is 4.54. The van der Waals surface area contributed by atoms with Gasteiger partial charge in [-0.15, -0.1) is 11.3 Å². The van der Waals surface area contributed by atoms with Crippen molar-refractivity contribution in [3.8, 4) is 10.7 Å². The van der Waals surface area contributed by atoms with Gasteiger partial charge in [-0.3, -0.25) is 0 Å². The van der Waals surface area contributed by atoms with Crippen LogP contribution in [0.15, 0.2) is 24.4 Å². The van der Waals surface area contributed by atoms with E-state index in [0.29, 0.717) is 10.8 Å². The van der Waals surface area contributed by atoms with Crippen molar-refractivity contribution in [2.75, 3.05) is 11.9 Å². The first-order valence-electron chi connectivity index (χ1n) is 6.81. The molecule has 0 saturated heterocycles. The average molecular weight is 319 g/mol. The number of nitrogens with one attached hydrogen (secondary N) is 1. The number of aryl methyl sites for hydroxylation is 1. The maximum absolute atomic E-state index is 6.09. The predicted molar refractivity (Wildman–Crippen MR) is 89.2 cm³/mol. The topological polar surface area (TPSA) is 50.7 Å². The van der Waals surface area contributed by atoms with Crippen molar-refractivity contribution >= 4 is 39.7 Å². The zero-order valence-corrected chi connectivity index (χ0v) is 13.4. The Morgan fingerprint density at radius 2 is 2.14 bits per heavy atom. The van der Waals surface area contributed by atoms with Gasteiger partial charge in [0.25, 0.3) is 0 Å². The van der Waals surface area contributed by atoms with E-state index in [1.807, 2.05) is 31.3 Å². The molecule has 0 saturated carbocycles. The third-order valence-electron chi connectivity index (χ3n) is 3.04. The van der Waals surface area contributed by atoms with Crippen molar-refractivity contribution in [3.05, 3.63) is 34.4 Å². The Morgan fingerprint density at radius 3 is 2.86 bits per heavy atom. The Hall–Kier alpha value is -1.72. The van der Waals surface area contributed by atoms with Crippen LogP contribution in [-0.2, 0) is 0 Å². The second-order valence-corrected chi connectivity index (χ2v) is 6.40. The number of thiazole rings is 1. The molecule has 0 bridgehead atoms. The molecule has 2 heterocycles. The van der Waals surface area contributed by atoms with Gasteiger partial charge in [0.05, 0.1) is 15.4 Å². The first-order valence-corrected chi connectivity index (χ1v) is 8.01. The molecule has 0 aliphatic rings. The van der Waals surface area contributed by atoms with Gasteiger partial charge in [0.1, 0.15) is 5.82 Å². The molecule has 3 rings (SSSR count). The molecule has 0 atom stereocenters. The monoisotopic (exact) mass is 318 g/mol. The Kier molecular flexibility index (Phi) is 4.03. The van der Waals surface area contributed by atoms with E-state index in [0.717, 1.165) is 39.6 Å². The van der Waals surface area contributed by atoms with Crippen LogP contribution >= 0.6 is 22.9 Å². The van der Waals surface area contributed by atoms with Gasteiger partial charge < -0.3 is 5.32 Å². The number of aromatic nitrogens is 3. The van der Waals surface area contributed by atoms with Crippen molar-refractivity contribution in [3.63, 3.8) is 0 Å². The van der Waals surface area contributed by atoms with Crippen LogP contribution in [0.2, 0.25) is 5.02 Å². The van der Waals surface area contributed by atoms with Gasteiger partial charge in [0.2, 0.25) is 0 Å². The van der Waals surface area contributed by atoms with Crippen LogP contribution in [0.4, 0.5) is 5.82 Å². The van der Waals surface area contributed by atoms with Crippen molar-refractivity contribution in [2.45, 2.75) is 20.3 Å². The van der Waals surface area contributed by atoms with Crippen LogP contribution in [0.1, 0.15) is 18.4 Å². The van der Waals surface area contributed by atoms with E-state index in [9.17, 15) is 0 Å². The molecule has 6 heteroatoms. The van der Waals surface area contributed by atoms with Crippen molar-refractivity contribution in [1.29, 1.82) is 0 Å². The molecule has 4 nitrogen and oxygen atoms in total. The lowest BCUT2D eigenvalue weighted by atomic mass is 10.2. The number of halogens is 1. The summed E-state index contributed by atoms with van der Waals surface area (Å²) in [6.45, 7) is 4.96. The van der Waals surface area contributed by atoms with Crippen molar-refractivity contribution in [1.82, 2.24) is 15.0 Å². The summed E-state index contributed by atoms with van der Waals surface area (Å²) >= 11 is 7.69. The molecule has 0 spiro atoms. The first kappa shape index (κ1) is 14.2. The molecule has 108 valence electrons. The summed E-state index contributed by atoms with van der Waals surface area (Å²) in [6, 6.07) is 5.67. The van der Waals surface area contributed by atoms with Gasteiger partial charge in [-0.25, -0.2) is 15.0 Å². The number of hydrogen-bond acceptors (Lipinski definition) is 5. The Bertz CT molecular complexity index is 784. The highest BCUT2D eigenvalue weighted by molar-refractivity contribution is 7.14. The lowest BCUT2D eigenvalue weighted by Gasteiger charge is -2.09. The van der Waals surface area contributed by atoms with Crippen LogP contribution in [0.3, 0.4) is 0 Å². The number of benzene rings is 1. The van der Waals surface area contributed by atoms with Crippen LogP contribution in [0, 0.1) is 6.92 Å². The van der Waals surface area contributed by atoms with Gasteiger partial charge in [-0.05, 0) is 31.5 Å². The Labute approximate surface area is 132 Å². The van der Waals surface area contributed by atoms with Gasteiger partial charge >= 0.3 is 0 Å². The Balaban J connectivity index is 2.16. The molecule has 0 amide bonds. The number of rotatable bonds is 4. The molecule has 0 aliphatic carbocycles. The minimum absolute atomic E-state index is 0.687. The van der Waals surface area contributed by atoms with E-state index in [2.05, 4.69) is 27.2 Å². The van der Waals surface area contributed by atoms with E-state index >= 15 is 0 Å². The number of fused-ring (bicyclic) bond motifs is 1. The SMILES string of the molecule is CCCNc1nc(-c2cnc(C)s2)nc2ccc(Cl)cc12. The standard InChI is InChI=1S/C15H15ClN4S/c1-3-6-17-14-11-7-10(16)4-5-12(11)19-15(20-14)13-8-18-9(2)21-13/h4-5,7-8H,3,6H2,1-2H3,(H,17,19,20). The van der Waals surface area contributed by atoms with Gasteiger partial charge in [0, 0.05) is 23.2 Å². The highest BCUT2D eigenvalue weighted by Crippen LogP contribution is 2.29. The minimum atomic E-state index is 0.687. The van der Waals surface area contributed by atoms with Gasteiger partial charge in [-0.2, -0.15) is 0 Å². The molecule has 0 aliphatic heterocycles. The van der Waals surface area contributed by atoms with Gasteiger partial charge in [0.15, 0.2) is 5.82 Å². The van der Waals surface area contributed by atoms with E-state index in [-0.39, 0.29) is 0 Å². The fourth-order valence-corrected chi connectivity index (χ4v) is 2.94. The smallest absolute Gasteiger partial charge is 0.173 e. The van der Waals surface area contributed by atoms with Crippen LogP contribution in [-0.4, -0.2) is 21.5 Å². The summed E-state index contributed by atoms with van der Waals surface area (Å²) in [5, 5.41) is 6.00.